The van der Waals surface area contributed by atoms with Gasteiger partial charge in [-0.25, -0.2) is 0 Å². The first kappa shape index (κ1) is 15.8. The zero-order chi connectivity index (χ0) is 15.6. The number of hydrogen-bond acceptors (Lipinski definition) is 4. The van der Waals surface area contributed by atoms with E-state index in [1.54, 1.807) is 6.26 Å². The molecule has 0 spiro atoms. The van der Waals surface area contributed by atoms with Crippen LogP contribution in [-0.4, -0.2) is 31.0 Å². The molecule has 0 radical (unpaired) electrons. The van der Waals surface area contributed by atoms with E-state index in [1.807, 2.05) is 12.1 Å². The second-order valence-electron chi connectivity index (χ2n) is 7.20. The molecule has 3 unspecified atom stereocenters. The van der Waals surface area contributed by atoms with Crippen LogP contribution in [0.4, 0.5) is 0 Å². The lowest BCUT2D eigenvalue weighted by Gasteiger charge is -2.56. The van der Waals surface area contributed by atoms with Gasteiger partial charge >= 0.3 is 0 Å². The Morgan fingerprint density at radius 1 is 1.50 bits per heavy atom. The van der Waals surface area contributed by atoms with Crippen LogP contribution in [0.25, 0.3) is 0 Å². The Balaban J connectivity index is 1.32. The van der Waals surface area contributed by atoms with Crippen LogP contribution in [-0.2, 0) is 11.3 Å². The lowest BCUT2D eigenvalue weighted by molar-refractivity contribution is -0.0235. The molecule has 0 aliphatic heterocycles. The van der Waals surface area contributed by atoms with Gasteiger partial charge in [-0.3, -0.25) is 0 Å². The molecule has 3 aliphatic rings. The summed E-state index contributed by atoms with van der Waals surface area (Å²) in [6.07, 6.45) is 6.03. The molecule has 1 fully saturated rings. The van der Waals surface area contributed by atoms with E-state index < -0.39 is 6.10 Å². The maximum absolute atomic E-state index is 9.95. The molecule has 122 valence electrons. The van der Waals surface area contributed by atoms with Gasteiger partial charge in [0.2, 0.25) is 0 Å². The second kappa shape index (κ2) is 6.57. The van der Waals surface area contributed by atoms with Crippen molar-refractivity contribution in [2.45, 2.75) is 39.3 Å². The van der Waals surface area contributed by atoms with Crippen molar-refractivity contribution in [2.75, 3.05) is 19.8 Å². The van der Waals surface area contributed by atoms with Crippen molar-refractivity contribution in [1.82, 2.24) is 5.32 Å². The normalized spacial score (nSPS) is 27.1. The van der Waals surface area contributed by atoms with Crippen molar-refractivity contribution < 1.29 is 14.3 Å². The molecule has 1 heterocycles. The number of nitrogens with one attached hydrogen (secondary N) is 1. The van der Waals surface area contributed by atoms with Crippen LogP contribution in [0.2, 0.25) is 0 Å². The van der Waals surface area contributed by atoms with Gasteiger partial charge in [0.25, 0.3) is 0 Å². The van der Waals surface area contributed by atoms with E-state index >= 15 is 0 Å². The molecule has 0 amide bonds. The molecule has 2 N–H and O–H groups in total. The summed E-state index contributed by atoms with van der Waals surface area (Å²) in [6.45, 7) is 6.91. The van der Waals surface area contributed by atoms with Gasteiger partial charge in [0.1, 0.15) is 5.76 Å². The highest BCUT2D eigenvalue weighted by Gasteiger charge is 2.50. The smallest absolute Gasteiger partial charge is 0.117 e. The molecule has 3 aliphatic carbocycles. The van der Waals surface area contributed by atoms with Crippen molar-refractivity contribution in [3.63, 3.8) is 0 Å². The Labute approximate surface area is 132 Å². The number of furan rings is 1. The summed E-state index contributed by atoms with van der Waals surface area (Å²) in [4.78, 5) is 0. The van der Waals surface area contributed by atoms with Crippen LogP contribution in [0.15, 0.2) is 34.5 Å². The van der Waals surface area contributed by atoms with E-state index in [2.05, 4.69) is 25.2 Å². The summed E-state index contributed by atoms with van der Waals surface area (Å²) >= 11 is 0. The fraction of sp³-hybridized carbons (Fsp3) is 0.667. The first-order valence-electron chi connectivity index (χ1n) is 8.25. The van der Waals surface area contributed by atoms with Crippen LogP contribution in [0.1, 0.15) is 32.4 Å². The largest absolute Gasteiger partial charge is 0.468 e. The van der Waals surface area contributed by atoms with Gasteiger partial charge in [0, 0.05) is 6.54 Å². The van der Waals surface area contributed by atoms with Gasteiger partial charge in [-0.1, -0.05) is 19.9 Å². The van der Waals surface area contributed by atoms with Gasteiger partial charge in [-0.05, 0) is 47.8 Å². The number of hydrogen-bond donors (Lipinski definition) is 2. The molecule has 0 aromatic carbocycles. The van der Waals surface area contributed by atoms with E-state index in [0.29, 0.717) is 37.6 Å². The van der Waals surface area contributed by atoms with Crippen LogP contribution >= 0.6 is 0 Å². The molecule has 1 aromatic heterocycles. The Bertz CT molecular complexity index is 506. The molecule has 4 nitrogen and oxygen atoms in total. The predicted molar refractivity (Wildman–Crippen MR) is 85.3 cm³/mol. The zero-order valence-corrected chi connectivity index (χ0v) is 13.5. The fourth-order valence-corrected chi connectivity index (χ4v) is 3.79. The number of aliphatic hydroxyl groups is 1. The first-order valence-corrected chi connectivity index (χ1v) is 8.25. The van der Waals surface area contributed by atoms with Crippen LogP contribution < -0.4 is 5.32 Å². The van der Waals surface area contributed by atoms with Crippen molar-refractivity contribution in [3.05, 3.63) is 35.8 Å². The van der Waals surface area contributed by atoms with E-state index in [9.17, 15) is 5.11 Å². The number of aliphatic hydroxyl groups excluding tert-OH is 1. The molecule has 3 atom stereocenters. The topological polar surface area (TPSA) is 54.6 Å². The summed E-state index contributed by atoms with van der Waals surface area (Å²) in [5.74, 6) is 2.42. The first-order chi connectivity index (χ1) is 10.6. The molecular weight excluding hydrogens is 278 g/mol. The summed E-state index contributed by atoms with van der Waals surface area (Å²) in [7, 11) is 0. The van der Waals surface area contributed by atoms with Crippen LogP contribution in [0.5, 0.6) is 0 Å². The Hall–Kier alpha value is -1.10. The maximum Gasteiger partial charge on any atom is 0.117 e. The van der Waals surface area contributed by atoms with Gasteiger partial charge < -0.3 is 19.6 Å². The number of fused-ring (bicyclic) bond motifs is 1. The van der Waals surface area contributed by atoms with Crippen LogP contribution in [0, 0.1) is 17.3 Å². The van der Waals surface area contributed by atoms with E-state index in [4.69, 9.17) is 9.15 Å². The highest BCUT2D eigenvalue weighted by molar-refractivity contribution is 5.23. The number of ether oxygens (including phenoxy) is 1. The van der Waals surface area contributed by atoms with Crippen molar-refractivity contribution in [2.24, 2.45) is 17.3 Å². The van der Waals surface area contributed by atoms with Gasteiger partial charge in [0.05, 0.1) is 32.1 Å². The SMILES string of the molecule is CC1(C)C2CC=C(COCC(O)CNCc3ccco3)C1C2. The highest BCUT2D eigenvalue weighted by Crippen LogP contribution is 2.59. The summed E-state index contributed by atoms with van der Waals surface area (Å²) in [5, 5.41) is 13.1. The molecule has 1 saturated carbocycles. The average Bonchev–Trinajstić information content (AvgIpc) is 3.00. The Morgan fingerprint density at radius 3 is 3.05 bits per heavy atom. The third kappa shape index (κ3) is 3.29. The summed E-state index contributed by atoms with van der Waals surface area (Å²) in [5.41, 5.74) is 1.87. The molecule has 4 heteroatoms. The Morgan fingerprint density at radius 2 is 2.36 bits per heavy atom. The number of allylic oxidation sites excluding steroid dienone is 1. The second-order valence-corrected chi connectivity index (χ2v) is 7.20. The Kier molecular flexibility index (Phi) is 4.71. The van der Waals surface area contributed by atoms with Gasteiger partial charge in [0.15, 0.2) is 0 Å². The average molecular weight is 305 g/mol. The van der Waals surface area contributed by atoms with E-state index in [1.165, 1.54) is 18.4 Å². The minimum atomic E-state index is -0.485. The summed E-state index contributed by atoms with van der Waals surface area (Å²) in [6, 6.07) is 3.78. The van der Waals surface area contributed by atoms with E-state index in [0.717, 1.165) is 11.7 Å². The molecular formula is C18H27NO3. The van der Waals surface area contributed by atoms with Crippen molar-refractivity contribution in [1.29, 1.82) is 0 Å². The molecule has 0 saturated heterocycles. The molecule has 22 heavy (non-hydrogen) atoms. The lowest BCUT2D eigenvalue weighted by Crippen LogP contribution is -2.48. The molecule has 4 rings (SSSR count). The lowest BCUT2D eigenvalue weighted by atomic mass is 9.49. The minimum absolute atomic E-state index is 0.374. The quantitative estimate of drug-likeness (QED) is 0.725. The fourth-order valence-electron chi connectivity index (χ4n) is 3.79. The third-order valence-electron chi connectivity index (χ3n) is 5.42. The van der Waals surface area contributed by atoms with Crippen molar-refractivity contribution >= 4 is 0 Å². The van der Waals surface area contributed by atoms with Gasteiger partial charge in [-0.2, -0.15) is 0 Å². The minimum Gasteiger partial charge on any atom is -0.468 e. The monoisotopic (exact) mass is 305 g/mol. The van der Waals surface area contributed by atoms with Crippen LogP contribution in [0.3, 0.4) is 0 Å². The van der Waals surface area contributed by atoms with E-state index in [-0.39, 0.29) is 0 Å². The zero-order valence-electron chi connectivity index (χ0n) is 13.5. The highest BCUT2D eigenvalue weighted by atomic mass is 16.5. The van der Waals surface area contributed by atoms with Gasteiger partial charge in [-0.15, -0.1) is 0 Å². The van der Waals surface area contributed by atoms with Crippen molar-refractivity contribution in [3.8, 4) is 0 Å². The number of rotatable bonds is 8. The molecule has 1 aromatic rings. The summed E-state index contributed by atoms with van der Waals surface area (Å²) < 4.78 is 11.0. The standard InChI is InChI=1S/C18H27NO3/c1-18(2)14-6-5-13(17(18)8-14)11-21-12-15(20)9-19-10-16-4-3-7-22-16/h3-5,7,14-15,17,19-20H,6,8-12H2,1-2H3. The maximum atomic E-state index is 9.95. The molecule has 2 bridgehead atoms. The predicted octanol–water partition coefficient (Wildman–Crippen LogP) is 2.74. The third-order valence-corrected chi connectivity index (χ3v) is 5.42.